The van der Waals surface area contributed by atoms with E-state index < -0.39 is 0 Å². The number of likely N-dealkylation sites (N-methyl/N-ethyl adjacent to an activating group) is 1. The van der Waals surface area contributed by atoms with Gasteiger partial charge in [-0.15, -0.1) is 0 Å². The van der Waals surface area contributed by atoms with Crippen molar-refractivity contribution in [1.29, 1.82) is 0 Å². The maximum Gasteiger partial charge on any atom is 0.239 e. The standard InChI is InChI=1S/C14H22N2O/c1-5-10(2)11-6-8-12(9-7-11)13(14(15)17)16(3)4/h6-10,13H,5H2,1-4H3,(H2,15,17). The van der Waals surface area contributed by atoms with Crippen molar-refractivity contribution >= 4 is 5.91 Å². The molecule has 2 atom stereocenters. The van der Waals surface area contributed by atoms with E-state index in [1.807, 2.05) is 31.1 Å². The van der Waals surface area contributed by atoms with E-state index in [-0.39, 0.29) is 11.9 Å². The maximum atomic E-state index is 11.4. The van der Waals surface area contributed by atoms with Crippen LogP contribution >= 0.6 is 0 Å². The Balaban J connectivity index is 2.96. The molecule has 0 fully saturated rings. The van der Waals surface area contributed by atoms with Crippen molar-refractivity contribution < 1.29 is 4.79 Å². The average Bonchev–Trinajstić information content (AvgIpc) is 2.28. The first-order valence-corrected chi connectivity index (χ1v) is 6.03. The highest BCUT2D eigenvalue weighted by Gasteiger charge is 2.19. The number of hydrogen-bond donors (Lipinski definition) is 1. The molecule has 3 nitrogen and oxygen atoms in total. The minimum atomic E-state index is -0.346. The molecule has 94 valence electrons. The van der Waals surface area contributed by atoms with Crippen molar-refractivity contribution in [1.82, 2.24) is 4.90 Å². The Labute approximate surface area is 104 Å². The van der Waals surface area contributed by atoms with E-state index in [4.69, 9.17) is 5.73 Å². The number of carbonyl (C=O) groups excluding carboxylic acids is 1. The summed E-state index contributed by atoms with van der Waals surface area (Å²) < 4.78 is 0. The fourth-order valence-corrected chi connectivity index (χ4v) is 1.96. The van der Waals surface area contributed by atoms with Crippen LogP contribution < -0.4 is 5.73 Å². The van der Waals surface area contributed by atoms with Gasteiger partial charge in [0.15, 0.2) is 0 Å². The Morgan fingerprint density at radius 3 is 2.06 bits per heavy atom. The molecule has 0 radical (unpaired) electrons. The summed E-state index contributed by atoms with van der Waals surface area (Å²) in [6.07, 6.45) is 1.12. The van der Waals surface area contributed by atoms with Gasteiger partial charge in [0.1, 0.15) is 6.04 Å². The first kappa shape index (κ1) is 13.7. The molecule has 0 aliphatic heterocycles. The number of nitrogens with two attached hydrogens (primary N) is 1. The second-order valence-corrected chi connectivity index (χ2v) is 4.74. The first-order chi connectivity index (χ1) is 7.97. The fraction of sp³-hybridized carbons (Fsp3) is 0.500. The summed E-state index contributed by atoms with van der Waals surface area (Å²) in [5, 5.41) is 0. The van der Waals surface area contributed by atoms with Gasteiger partial charge in [-0.3, -0.25) is 9.69 Å². The van der Waals surface area contributed by atoms with Gasteiger partial charge in [-0.25, -0.2) is 0 Å². The molecule has 0 aromatic heterocycles. The average molecular weight is 234 g/mol. The number of amides is 1. The van der Waals surface area contributed by atoms with Gasteiger partial charge in [0.05, 0.1) is 0 Å². The molecule has 0 bridgehead atoms. The van der Waals surface area contributed by atoms with E-state index in [1.165, 1.54) is 5.56 Å². The minimum absolute atomic E-state index is 0.314. The van der Waals surface area contributed by atoms with E-state index in [0.717, 1.165) is 12.0 Å². The number of carbonyl (C=O) groups is 1. The monoisotopic (exact) mass is 234 g/mol. The van der Waals surface area contributed by atoms with Crippen LogP contribution in [0.2, 0.25) is 0 Å². The summed E-state index contributed by atoms with van der Waals surface area (Å²) in [6.45, 7) is 4.37. The molecule has 1 aromatic carbocycles. The normalized spacial score (nSPS) is 14.6. The van der Waals surface area contributed by atoms with Gasteiger partial charge < -0.3 is 5.73 Å². The largest absolute Gasteiger partial charge is 0.368 e. The summed E-state index contributed by atoms with van der Waals surface area (Å²) in [5.74, 6) is 0.238. The van der Waals surface area contributed by atoms with Crippen LogP contribution in [0.4, 0.5) is 0 Å². The molecule has 1 aromatic rings. The molecular formula is C14H22N2O. The van der Waals surface area contributed by atoms with E-state index in [9.17, 15) is 4.79 Å². The third kappa shape index (κ3) is 3.30. The topological polar surface area (TPSA) is 46.3 Å². The Bertz CT molecular complexity index is 370. The number of benzene rings is 1. The lowest BCUT2D eigenvalue weighted by atomic mass is 9.95. The van der Waals surface area contributed by atoms with E-state index in [0.29, 0.717) is 5.92 Å². The zero-order valence-electron chi connectivity index (χ0n) is 11.1. The Morgan fingerprint density at radius 1 is 1.24 bits per heavy atom. The third-order valence-electron chi connectivity index (χ3n) is 3.22. The highest BCUT2D eigenvalue weighted by atomic mass is 16.1. The highest BCUT2D eigenvalue weighted by molar-refractivity contribution is 5.81. The Morgan fingerprint density at radius 2 is 1.71 bits per heavy atom. The van der Waals surface area contributed by atoms with Gasteiger partial charge >= 0.3 is 0 Å². The molecule has 1 amide bonds. The number of nitrogens with zero attached hydrogens (tertiary/aromatic N) is 1. The summed E-state index contributed by atoms with van der Waals surface area (Å²) in [6, 6.07) is 7.82. The van der Waals surface area contributed by atoms with Crippen LogP contribution in [0.15, 0.2) is 24.3 Å². The van der Waals surface area contributed by atoms with Crippen molar-refractivity contribution in [3.8, 4) is 0 Å². The van der Waals surface area contributed by atoms with Gasteiger partial charge in [-0.2, -0.15) is 0 Å². The lowest BCUT2D eigenvalue weighted by Gasteiger charge is -2.22. The minimum Gasteiger partial charge on any atom is -0.368 e. The molecule has 1 rings (SSSR count). The lowest BCUT2D eigenvalue weighted by Crippen LogP contribution is -2.32. The molecule has 2 N–H and O–H groups in total. The van der Waals surface area contributed by atoms with Crippen LogP contribution in [-0.4, -0.2) is 24.9 Å². The molecule has 0 spiro atoms. The van der Waals surface area contributed by atoms with Crippen molar-refractivity contribution in [2.24, 2.45) is 5.73 Å². The zero-order valence-corrected chi connectivity index (χ0v) is 11.1. The van der Waals surface area contributed by atoms with Crippen molar-refractivity contribution in [3.05, 3.63) is 35.4 Å². The van der Waals surface area contributed by atoms with E-state index >= 15 is 0 Å². The zero-order chi connectivity index (χ0) is 13.0. The molecule has 3 heteroatoms. The second-order valence-electron chi connectivity index (χ2n) is 4.74. The molecule has 0 aliphatic rings. The molecule has 0 saturated heterocycles. The van der Waals surface area contributed by atoms with Gasteiger partial charge in [0.2, 0.25) is 5.91 Å². The first-order valence-electron chi connectivity index (χ1n) is 6.03. The quantitative estimate of drug-likeness (QED) is 0.849. The van der Waals surface area contributed by atoms with Crippen molar-refractivity contribution in [3.63, 3.8) is 0 Å². The summed E-state index contributed by atoms with van der Waals surface area (Å²) >= 11 is 0. The molecular weight excluding hydrogens is 212 g/mol. The molecule has 0 heterocycles. The highest BCUT2D eigenvalue weighted by Crippen LogP contribution is 2.23. The smallest absolute Gasteiger partial charge is 0.239 e. The van der Waals surface area contributed by atoms with Crippen LogP contribution in [0.1, 0.15) is 43.4 Å². The van der Waals surface area contributed by atoms with Gasteiger partial charge in [-0.05, 0) is 37.6 Å². The summed E-state index contributed by atoms with van der Waals surface area (Å²) in [5.41, 5.74) is 7.67. The van der Waals surface area contributed by atoms with Crippen LogP contribution in [0.5, 0.6) is 0 Å². The van der Waals surface area contributed by atoms with Crippen molar-refractivity contribution in [2.75, 3.05) is 14.1 Å². The summed E-state index contributed by atoms with van der Waals surface area (Å²) in [7, 11) is 3.72. The molecule has 0 saturated carbocycles. The maximum absolute atomic E-state index is 11.4. The van der Waals surface area contributed by atoms with Gasteiger partial charge in [0, 0.05) is 0 Å². The Kier molecular flexibility index (Phi) is 4.70. The van der Waals surface area contributed by atoms with E-state index in [1.54, 1.807) is 0 Å². The third-order valence-corrected chi connectivity index (χ3v) is 3.22. The van der Waals surface area contributed by atoms with Crippen LogP contribution in [0, 0.1) is 0 Å². The Hall–Kier alpha value is -1.35. The molecule has 0 aliphatic carbocycles. The second kappa shape index (κ2) is 5.82. The number of rotatable bonds is 5. The SMILES string of the molecule is CCC(C)c1ccc(C(C(N)=O)N(C)C)cc1. The predicted octanol–water partition coefficient (Wildman–Crippen LogP) is 2.29. The van der Waals surface area contributed by atoms with Crippen LogP contribution in [0.3, 0.4) is 0 Å². The van der Waals surface area contributed by atoms with Crippen molar-refractivity contribution in [2.45, 2.75) is 32.2 Å². The van der Waals surface area contributed by atoms with Gasteiger partial charge in [-0.1, -0.05) is 38.1 Å². The molecule has 2 unspecified atom stereocenters. The van der Waals surface area contributed by atoms with Crippen LogP contribution in [-0.2, 0) is 4.79 Å². The lowest BCUT2D eigenvalue weighted by molar-refractivity contribution is -0.122. The molecule has 17 heavy (non-hydrogen) atoms. The number of hydrogen-bond acceptors (Lipinski definition) is 2. The van der Waals surface area contributed by atoms with Crippen LogP contribution in [0.25, 0.3) is 0 Å². The number of primary amides is 1. The van der Waals surface area contributed by atoms with Gasteiger partial charge in [0.25, 0.3) is 0 Å². The fourth-order valence-electron chi connectivity index (χ4n) is 1.96. The predicted molar refractivity (Wildman–Crippen MR) is 70.8 cm³/mol. The van der Waals surface area contributed by atoms with E-state index in [2.05, 4.69) is 26.0 Å². The summed E-state index contributed by atoms with van der Waals surface area (Å²) in [4.78, 5) is 13.2.